The summed E-state index contributed by atoms with van der Waals surface area (Å²) in [6.07, 6.45) is 2.84. The van der Waals surface area contributed by atoms with Crippen LogP contribution in [0.2, 0.25) is 0 Å². The molecule has 0 spiro atoms. The number of rotatable bonds is 3. The zero-order valence-corrected chi connectivity index (χ0v) is 8.94. The highest BCUT2D eigenvalue weighted by Crippen LogP contribution is 2.03. The zero-order chi connectivity index (χ0) is 12.3. The van der Waals surface area contributed by atoms with Crippen LogP contribution in [0.25, 0.3) is 0 Å². The van der Waals surface area contributed by atoms with Crippen molar-refractivity contribution in [2.75, 3.05) is 0 Å². The number of nitrogens with zero attached hydrogens (tertiary/aromatic N) is 1. The molecular formula is C13H10F2NO+. The van der Waals surface area contributed by atoms with Crippen molar-refractivity contribution in [3.05, 3.63) is 66.0 Å². The maximum atomic E-state index is 12.9. The Hall–Kier alpha value is -2.10. The molecule has 17 heavy (non-hydrogen) atoms. The van der Waals surface area contributed by atoms with Gasteiger partial charge in [-0.1, -0.05) is 0 Å². The van der Waals surface area contributed by atoms with Crippen molar-refractivity contribution in [2.24, 2.45) is 0 Å². The van der Waals surface area contributed by atoms with Crippen molar-refractivity contribution in [1.82, 2.24) is 0 Å². The Kier molecular flexibility index (Phi) is 3.23. The molecule has 0 saturated heterocycles. The van der Waals surface area contributed by atoms with Crippen molar-refractivity contribution in [1.29, 1.82) is 0 Å². The Morgan fingerprint density at radius 3 is 2.41 bits per heavy atom. The standard InChI is InChI=1S/C13H10F2NO/c14-11-5-3-10(4-6-11)13(17)9-16-7-1-2-12(15)8-16/h1-8H,9H2/q+1. The van der Waals surface area contributed by atoms with E-state index >= 15 is 0 Å². The summed E-state index contributed by atoms with van der Waals surface area (Å²) >= 11 is 0. The lowest BCUT2D eigenvalue weighted by atomic mass is 10.1. The van der Waals surface area contributed by atoms with E-state index in [2.05, 4.69) is 0 Å². The van der Waals surface area contributed by atoms with Crippen LogP contribution in [0.5, 0.6) is 0 Å². The van der Waals surface area contributed by atoms with Crippen molar-refractivity contribution in [3.63, 3.8) is 0 Å². The van der Waals surface area contributed by atoms with Gasteiger partial charge in [-0.3, -0.25) is 4.79 Å². The van der Waals surface area contributed by atoms with Crippen LogP contribution in [0.15, 0.2) is 48.8 Å². The number of carbonyl (C=O) groups is 1. The van der Waals surface area contributed by atoms with Gasteiger partial charge >= 0.3 is 0 Å². The summed E-state index contributed by atoms with van der Waals surface area (Å²) in [4.78, 5) is 11.8. The molecule has 2 rings (SSSR count). The predicted molar refractivity (Wildman–Crippen MR) is 57.3 cm³/mol. The fourth-order valence-electron chi connectivity index (χ4n) is 1.48. The quantitative estimate of drug-likeness (QED) is 0.588. The third-order valence-corrected chi connectivity index (χ3v) is 2.31. The minimum absolute atomic E-state index is 0.0311. The van der Waals surface area contributed by atoms with Crippen LogP contribution in [0.3, 0.4) is 0 Å². The molecule has 0 aliphatic rings. The number of Topliss-reactive ketones (excluding diaryl/α,β-unsaturated/α-hetero) is 1. The molecule has 0 atom stereocenters. The molecule has 86 valence electrons. The normalized spacial score (nSPS) is 10.2. The minimum Gasteiger partial charge on any atom is -0.287 e. The Morgan fingerprint density at radius 2 is 1.76 bits per heavy atom. The minimum atomic E-state index is -0.403. The van der Waals surface area contributed by atoms with Gasteiger partial charge in [-0.25, -0.2) is 8.78 Å². The van der Waals surface area contributed by atoms with E-state index in [1.165, 1.54) is 47.2 Å². The maximum absolute atomic E-state index is 12.9. The van der Waals surface area contributed by atoms with Crippen LogP contribution in [-0.2, 0) is 6.54 Å². The molecule has 0 aliphatic carbocycles. The lowest BCUT2D eigenvalue weighted by Crippen LogP contribution is -2.37. The Balaban J connectivity index is 2.14. The fraction of sp³-hybridized carbons (Fsp3) is 0.0769. The van der Waals surface area contributed by atoms with E-state index in [1.807, 2.05) is 0 Å². The Morgan fingerprint density at radius 1 is 1.06 bits per heavy atom. The number of hydrogen-bond acceptors (Lipinski definition) is 1. The molecule has 0 bridgehead atoms. The van der Waals surface area contributed by atoms with Gasteiger partial charge in [0.2, 0.25) is 18.5 Å². The average molecular weight is 234 g/mol. The highest BCUT2D eigenvalue weighted by atomic mass is 19.1. The van der Waals surface area contributed by atoms with Gasteiger partial charge in [0.15, 0.2) is 12.0 Å². The molecule has 2 nitrogen and oxygen atoms in total. The molecule has 2 aromatic rings. The van der Waals surface area contributed by atoms with Gasteiger partial charge < -0.3 is 0 Å². The molecule has 0 N–H and O–H groups in total. The van der Waals surface area contributed by atoms with E-state index in [9.17, 15) is 13.6 Å². The van der Waals surface area contributed by atoms with Gasteiger partial charge in [0.1, 0.15) is 5.82 Å². The van der Waals surface area contributed by atoms with Gasteiger partial charge in [-0.2, -0.15) is 4.57 Å². The molecule has 0 aliphatic heterocycles. The topological polar surface area (TPSA) is 20.9 Å². The van der Waals surface area contributed by atoms with E-state index in [4.69, 9.17) is 0 Å². The monoisotopic (exact) mass is 234 g/mol. The smallest absolute Gasteiger partial charge is 0.227 e. The molecule has 4 heteroatoms. The molecule has 1 heterocycles. The number of hydrogen-bond donors (Lipinski definition) is 0. The number of pyridine rings is 1. The van der Waals surface area contributed by atoms with Crippen LogP contribution in [0.1, 0.15) is 10.4 Å². The second-order valence-corrected chi connectivity index (χ2v) is 3.62. The molecular weight excluding hydrogens is 224 g/mol. The number of benzene rings is 1. The maximum Gasteiger partial charge on any atom is 0.227 e. The predicted octanol–water partition coefficient (Wildman–Crippen LogP) is 2.14. The summed E-state index contributed by atoms with van der Waals surface area (Å²) in [6, 6.07) is 8.11. The first-order valence-corrected chi connectivity index (χ1v) is 5.08. The second-order valence-electron chi connectivity index (χ2n) is 3.62. The number of halogens is 2. The van der Waals surface area contributed by atoms with Gasteiger partial charge in [-0.05, 0) is 30.3 Å². The molecule has 1 aromatic carbocycles. The van der Waals surface area contributed by atoms with Gasteiger partial charge in [-0.15, -0.1) is 0 Å². The fourth-order valence-corrected chi connectivity index (χ4v) is 1.48. The van der Waals surface area contributed by atoms with Crippen molar-refractivity contribution in [2.45, 2.75) is 6.54 Å². The van der Waals surface area contributed by atoms with E-state index in [0.29, 0.717) is 5.56 Å². The summed E-state index contributed by atoms with van der Waals surface area (Å²) in [5.74, 6) is -0.986. The molecule has 1 aromatic heterocycles. The Labute approximate surface area is 97.1 Å². The van der Waals surface area contributed by atoms with Crippen molar-refractivity contribution < 1.29 is 18.1 Å². The highest BCUT2D eigenvalue weighted by molar-refractivity contribution is 5.94. The third kappa shape index (κ3) is 2.93. The van der Waals surface area contributed by atoms with Gasteiger partial charge in [0, 0.05) is 11.6 Å². The largest absolute Gasteiger partial charge is 0.287 e. The second kappa shape index (κ2) is 4.82. The summed E-state index contributed by atoms with van der Waals surface area (Å²) in [5.41, 5.74) is 0.406. The summed E-state index contributed by atoms with van der Waals surface area (Å²) in [7, 11) is 0. The zero-order valence-electron chi connectivity index (χ0n) is 8.94. The lowest BCUT2D eigenvalue weighted by molar-refractivity contribution is -0.684. The van der Waals surface area contributed by atoms with E-state index in [0.717, 1.165) is 0 Å². The third-order valence-electron chi connectivity index (χ3n) is 2.31. The van der Waals surface area contributed by atoms with E-state index in [-0.39, 0.29) is 18.1 Å². The number of aromatic nitrogens is 1. The summed E-state index contributed by atoms with van der Waals surface area (Å²) in [5, 5.41) is 0. The van der Waals surface area contributed by atoms with Gasteiger partial charge in [0.25, 0.3) is 0 Å². The molecule has 0 amide bonds. The number of carbonyl (C=O) groups excluding carboxylic acids is 1. The molecule has 0 saturated carbocycles. The van der Waals surface area contributed by atoms with Crippen LogP contribution >= 0.6 is 0 Å². The number of ketones is 1. The SMILES string of the molecule is O=C(C[n+]1cccc(F)c1)c1ccc(F)cc1. The highest BCUT2D eigenvalue weighted by Gasteiger charge is 2.12. The van der Waals surface area contributed by atoms with Gasteiger partial charge in [0.05, 0.1) is 0 Å². The van der Waals surface area contributed by atoms with Crippen LogP contribution < -0.4 is 4.57 Å². The molecule has 0 radical (unpaired) electrons. The lowest BCUT2D eigenvalue weighted by Gasteiger charge is -1.98. The first kappa shape index (κ1) is 11.4. The average Bonchev–Trinajstić information content (AvgIpc) is 2.29. The molecule has 0 fully saturated rings. The van der Waals surface area contributed by atoms with E-state index in [1.54, 1.807) is 6.20 Å². The van der Waals surface area contributed by atoms with Crippen LogP contribution in [0, 0.1) is 11.6 Å². The molecule has 0 unspecified atom stereocenters. The summed E-state index contributed by atoms with van der Waals surface area (Å²) < 4.78 is 27.0. The van der Waals surface area contributed by atoms with E-state index < -0.39 is 5.82 Å². The Bertz CT molecular complexity index is 537. The first-order chi connectivity index (χ1) is 8.15. The van der Waals surface area contributed by atoms with Crippen molar-refractivity contribution in [3.8, 4) is 0 Å². The van der Waals surface area contributed by atoms with Crippen LogP contribution in [0.4, 0.5) is 8.78 Å². The van der Waals surface area contributed by atoms with Crippen LogP contribution in [-0.4, -0.2) is 5.78 Å². The first-order valence-electron chi connectivity index (χ1n) is 5.08. The van der Waals surface area contributed by atoms with Crippen molar-refractivity contribution >= 4 is 5.78 Å². The summed E-state index contributed by atoms with van der Waals surface area (Å²) in [6.45, 7) is 0.0311.